The molecule has 11 atom stereocenters. The topological polar surface area (TPSA) is 361 Å². The zero-order valence-electron chi connectivity index (χ0n) is 40.6. The molecular formula is C47H69N9O14S. The number of primary amides is 1. The highest BCUT2D eigenvalue weighted by Gasteiger charge is 2.45. The van der Waals surface area contributed by atoms with Crippen LogP contribution in [0.25, 0.3) is 10.9 Å². The summed E-state index contributed by atoms with van der Waals surface area (Å²) in [4.78, 5) is 128. The Kier molecular flexibility index (Phi) is 20.2. The second kappa shape index (κ2) is 25.5. The molecule has 4 heterocycles. The number of hydrogen-bond acceptors (Lipinski definition) is 15. The fraction of sp³-hybridized carbons (Fsp3) is 0.638. The summed E-state index contributed by atoms with van der Waals surface area (Å²) in [6.45, 7) is 2.72. The molecule has 7 amide bonds. The van der Waals surface area contributed by atoms with Gasteiger partial charge in [0.15, 0.2) is 11.6 Å². The van der Waals surface area contributed by atoms with Gasteiger partial charge in [-0.15, -0.1) is 0 Å². The SMILES string of the molecule is CC[C@H](C)[C@@H]1NC(=O)CNC(=O)C2CC(=O)[C@H]([C@@H](C)[C@@H](O)CO)NC(=O)[C@@H]3CC(O)CN3C(=O)[C@H](CC(N)=O)CC(=O)C(C[S@@](=O)c3c(c4ccc(OC)cc4n3CCCCCN)C2)NC(=O)CNC1=O. The maximum Gasteiger partial charge on any atom is 0.243 e. The second-order valence-corrected chi connectivity index (χ2v) is 20.2. The molecule has 0 spiro atoms. The van der Waals surface area contributed by atoms with Gasteiger partial charge in [0.2, 0.25) is 41.4 Å². The number of carbonyl (C=O) groups excluding carboxylic acids is 9. The van der Waals surface area contributed by atoms with E-state index in [4.69, 9.17) is 16.2 Å². The van der Waals surface area contributed by atoms with Crippen molar-refractivity contribution in [1.82, 2.24) is 36.1 Å². The van der Waals surface area contributed by atoms with Gasteiger partial charge >= 0.3 is 0 Å². The number of ether oxygens (including phenoxy) is 1. The van der Waals surface area contributed by atoms with Crippen molar-refractivity contribution in [3.05, 3.63) is 23.8 Å². The first-order valence-electron chi connectivity index (χ1n) is 24.1. The number of benzene rings is 1. The summed E-state index contributed by atoms with van der Waals surface area (Å²) >= 11 is 0. The largest absolute Gasteiger partial charge is 0.497 e. The quantitative estimate of drug-likeness (QED) is 0.0905. The number of methoxy groups -OCH3 is 1. The first-order valence-corrected chi connectivity index (χ1v) is 25.4. The molecule has 0 radical (unpaired) electrons. The van der Waals surface area contributed by atoms with Gasteiger partial charge in [0.05, 0.1) is 79.1 Å². The Morgan fingerprint density at radius 3 is 2.24 bits per heavy atom. The number of nitrogens with two attached hydrogens (primary N) is 2. The summed E-state index contributed by atoms with van der Waals surface area (Å²) in [5, 5.41) is 45.2. The van der Waals surface area contributed by atoms with Crippen LogP contribution < -0.4 is 42.8 Å². The Hall–Kier alpha value is -5.82. The molecule has 23 nitrogen and oxygen atoms in total. The van der Waals surface area contributed by atoms with Crippen LogP contribution in [0.5, 0.6) is 5.75 Å². The molecule has 3 aliphatic rings. The summed E-state index contributed by atoms with van der Waals surface area (Å²) in [5.41, 5.74) is 12.2. The molecule has 71 heavy (non-hydrogen) atoms. The number of hydrogen-bond donors (Lipinski definition) is 10. The van der Waals surface area contributed by atoms with E-state index in [2.05, 4.69) is 26.6 Å². The average Bonchev–Trinajstić information content (AvgIpc) is 3.88. The van der Waals surface area contributed by atoms with Gasteiger partial charge < -0.3 is 67.6 Å². The Balaban J connectivity index is 1.82. The van der Waals surface area contributed by atoms with E-state index in [9.17, 15) is 58.5 Å². The highest BCUT2D eigenvalue weighted by Crippen LogP contribution is 2.36. The zero-order valence-corrected chi connectivity index (χ0v) is 41.4. The van der Waals surface area contributed by atoms with Crippen LogP contribution in [-0.4, -0.2) is 164 Å². The molecule has 392 valence electrons. The number of aromatic nitrogens is 1. The fourth-order valence-corrected chi connectivity index (χ4v) is 11.0. The predicted octanol–water partition coefficient (Wildman–Crippen LogP) is -2.83. The van der Waals surface area contributed by atoms with E-state index in [-0.39, 0.29) is 30.0 Å². The average molecular weight is 1020 g/mol. The van der Waals surface area contributed by atoms with E-state index >= 15 is 4.21 Å². The number of amides is 7. The van der Waals surface area contributed by atoms with Gasteiger partial charge in [0.1, 0.15) is 22.9 Å². The van der Waals surface area contributed by atoms with Crippen LogP contribution in [0.1, 0.15) is 77.7 Å². The predicted molar refractivity (Wildman–Crippen MR) is 256 cm³/mol. The Bertz CT molecular complexity index is 2360. The van der Waals surface area contributed by atoms with Crippen LogP contribution in [0.3, 0.4) is 0 Å². The Morgan fingerprint density at radius 1 is 0.901 bits per heavy atom. The van der Waals surface area contributed by atoms with Crippen molar-refractivity contribution in [2.45, 2.75) is 127 Å². The molecule has 0 saturated carbocycles. The lowest BCUT2D eigenvalue weighted by molar-refractivity contribution is -0.145. The van der Waals surface area contributed by atoms with Crippen LogP contribution >= 0.6 is 0 Å². The standard InChI is InChI=1S/C47H69N9O14S/c1-5-24(2)41-45(67)51-19-39(63)52-32-23-71(69)47-31(30-10-9-29(70-4)18-33(30)55(47)12-8-6-7-11-48)13-26(43(65)50-20-40(64)53-41)14-36(60)42(25(3)37(61)22-57)54-44(66)34-17-28(58)21-56(34)46(68)27(15-35(32)59)16-38(49)62/h9-10,18,24-28,32,34,37,41-42,57-58,61H,5-8,11-17,19-23,48H2,1-4H3,(H2,49,62)(H,50,65)(H,51,67)(H,52,63)(H,53,64)(H,54,66)/t24-,25-,26?,27-,28?,32?,34-,37-,41-,42-,71+/m0/s1. The van der Waals surface area contributed by atoms with E-state index in [0.29, 0.717) is 48.9 Å². The fourth-order valence-electron chi connectivity index (χ4n) is 9.41. The third-order valence-corrected chi connectivity index (χ3v) is 15.2. The van der Waals surface area contributed by atoms with Crippen LogP contribution in [0.4, 0.5) is 0 Å². The molecule has 0 aliphatic carbocycles. The number of unbranched alkanes of at least 4 members (excludes halogenated alkanes) is 2. The Morgan fingerprint density at radius 2 is 1.59 bits per heavy atom. The summed E-state index contributed by atoms with van der Waals surface area (Å²) < 4.78 is 22.7. The molecule has 1 fully saturated rings. The molecule has 3 unspecified atom stereocenters. The number of ketones is 2. The van der Waals surface area contributed by atoms with Gasteiger partial charge in [-0.05, 0) is 49.4 Å². The van der Waals surface area contributed by atoms with E-state index in [1.165, 1.54) is 14.0 Å². The van der Waals surface area contributed by atoms with E-state index < -0.39 is 175 Å². The third-order valence-electron chi connectivity index (χ3n) is 13.7. The minimum Gasteiger partial charge on any atom is -0.497 e. The van der Waals surface area contributed by atoms with Crippen molar-refractivity contribution >= 4 is 74.6 Å². The molecule has 12 N–H and O–H groups in total. The van der Waals surface area contributed by atoms with Gasteiger partial charge in [0.25, 0.3) is 0 Å². The number of aliphatic hydroxyl groups excluding tert-OH is 3. The highest BCUT2D eigenvalue weighted by molar-refractivity contribution is 7.85. The van der Waals surface area contributed by atoms with Gasteiger partial charge in [-0.1, -0.05) is 33.6 Å². The van der Waals surface area contributed by atoms with Crippen molar-refractivity contribution in [1.29, 1.82) is 0 Å². The maximum absolute atomic E-state index is 15.4. The minimum absolute atomic E-state index is 0.0931. The number of carbonyl (C=O) groups is 9. The van der Waals surface area contributed by atoms with E-state index in [0.717, 1.165) is 4.90 Å². The van der Waals surface area contributed by atoms with Crippen LogP contribution in [0.2, 0.25) is 0 Å². The van der Waals surface area contributed by atoms with Gasteiger partial charge in [0, 0.05) is 62.1 Å². The minimum atomic E-state index is -2.30. The third kappa shape index (κ3) is 14.0. The van der Waals surface area contributed by atoms with Crippen molar-refractivity contribution in [2.75, 3.05) is 45.6 Å². The lowest BCUT2D eigenvalue weighted by Crippen LogP contribution is -2.56. The molecule has 3 aliphatic heterocycles. The smallest absolute Gasteiger partial charge is 0.243 e. The number of nitrogens with zero attached hydrogens (tertiary/aromatic N) is 2. The second-order valence-electron chi connectivity index (χ2n) is 18.8. The summed E-state index contributed by atoms with van der Waals surface area (Å²) in [6.07, 6.45) is -3.65. The maximum atomic E-state index is 15.4. The first-order chi connectivity index (χ1) is 33.7. The number of rotatable bonds is 13. The molecule has 2 aromatic rings. The van der Waals surface area contributed by atoms with Crippen molar-refractivity contribution < 1.29 is 67.4 Å². The van der Waals surface area contributed by atoms with E-state index in [1.807, 2.05) is 0 Å². The van der Waals surface area contributed by atoms with Crippen LogP contribution in [0.15, 0.2) is 23.2 Å². The number of aryl methyl sites for hydroxylation is 1. The van der Waals surface area contributed by atoms with Crippen molar-refractivity contribution in [2.24, 2.45) is 35.1 Å². The lowest BCUT2D eigenvalue weighted by Gasteiger charge is -2.32. The first kappa shape index (κ1) is 56.1. The number of fused-ring (bicyclic) bond motifs is 5. The normalized spacial score (nSPS) is 27.1. The number of Topliss-reactive ketones (excluding diaryl/α,β-unsaturated/α-hetero) is 2. The summed E-state index contributed by atoms with van der Waals surface area (Å²) in [5.74, 6) is -13.0. The molecule has 1 saturated heterocycles. The highest BCUT2D eigenvalue weighted by atomic mass is 32.2. The molecule has 1 aromatic carbocycles. The van der Waals surface area contributed by atoms with Gasteiger partial charge in [-0.25, -0.2) is 0 Å². The van der Waals surface area contributed by atoms with Gasteiger partial charge in [-0.2, -0.15) is 0 Å². The van der Waals surface area contributed by atoms with Gasteiger partial charge in [-0.3, -0.25) is 47.4 Å². The summed E-state index contributed by atoms with van der Waals surface area (Å²) in [6, 6.07) is -1.04. The number of aliphatic hydroxyl groups is 3. The van der Waals surface area contributed by atoms with Crippen LogP contribution in [0, 0.1) is 23.7 Å². The number of nitrogens with one attached hydrogen (secondary N) is 5. The zero-order chi connectivity index (χ0) is 52.3. The van der Waals surface area contributed by atoms with Crippen molar-refractivity contribution in [3.63, 3.8) is 0 Å². The molecule has 5 rings (SSSR count). The van der Waals surface area contributed by atoms with Crippen LogP contribution in [-0.2, 0) is 66.9 Å². The molecular weight excluding hydrogens is 947 g/mol. The monoisotopic (exact) mass is 1020 g/mol. The lowest BCUT2D eigenvalue weighted by atomic mass is 9.85. The molecule has 24 heteroatoms. The Labute approximate surface area is 413 Å². The van der Waals surface area contributed by atoms with Crippen molar-refractivity contribution in [3.8, 4) is 5.75 Å². The summed E-state index contributed by atoms with van der Waals surface area (Å²) in [7, 11) is -0.851. The van der Waals surface area contributed by atoms with E-state index in [1.54, 1.807) is 36.6 Å². The molecule has 1 aromatic heterocycles. The molecule has 2 bridgehead atoms.